The first kappa shape index (κ1) is 18.7. The number of benzene rings is 1. The normalized spacial score (nSPS) is 12.0. The lowest BCUT2D eigenvalue weighted by Gasteiger charge is -2.30. The number of carbonyl (C=O) groups excluding carboxylic acids is 1. The highest BCUT2D eigenvalue weighted by Crippen LogP contribution is 2.23. The van der Waals surface area contributed by atoms with E-state index in [1.165, 1.54) is 12.1 Å². The number of methoxy groups -OCH3 is 1. The van der Waals surface area contributed by atoms with E-state index < -0.39 is 0 Å². The van der Waals surface area contributed by atoms with Crippen molar-refractivity contribution in [2.45, 2.75) is 19.9 Å². The fraction of sp³-hybridized carbons (Fsp3) is 0.389. The van der Waals surface area contributed by atoms with Crippen LogP contribution in [0.15, 0.2) is 41.2 Å². The minimum absolute atomic E-state index is 0.0109. The molecule has 0 fully saturated rings. The number of aromatic nitrogens is 2. The van der Waals surface area contributed by atoms with Crippen LogP contribution in [0.2, 0.25) is 0 Å². The van der Waals surface area contributed by atoms with Gasteiger partial charge in [0.1, 0.15) is 11.4 Å². The Morgan fingerprint density at radius 3 is 2.64 bits per heavy atom. The highest BCUT2D eigenvalue weighted by atomic mass is 16.5. The number of rotatable bonds is 8. The first-order valence-corrected chi connectivity index (χ1v) is 8.31. The van der Waals surface area contributed by atoms with E-state index in [0.717, 1.165) is 24.4 Å². The Bertz CT molecular complexity index is 735. The van der Waals surface area contributed by atoms with E-state index >= 15 is 0 Å². The Balaban J connectivity index is 2.17. The maximum atomic E-state index is 12.3. The van der Waals surface area contributed by atoms with Crippen molar-refractivity contribution < 1.29 is 9.53 Å². The van der Waals surface area contributed by atoms with Gasteiger partial charge in [-0.05, 0) is 36.9 Å². The van der Waals surface area contributed by atoms with E-state index in [1.54, 1.807) is 7.11 Å². The average Bonchev–Trinajstić information content (AvgIpc) is 2.65. The number of nitrogens with zero attached hydrogens (tertiary/aromatic N) is 2. The first-order chi connectivity index (χ1) is 12.1. The molecule has 0 aliphatic rings. The van der Waals surface area contributed by atoms with Gasteiger partial charge in [0.25, 0.3) is 11.5 Å². The number of nitrogens with one attached hydrogen (secondary N) is 2. The zero-order valence-electron chi connectivity index (χ0n) is 14.8. The maximum absolute atomic E-state index is 12.3. The van der Waals surface area contributed by atoms with Crippen molar-refractivity contribution in [1.29, 1.82) is 0 Å². The molecule has 7 nitrogen and oxygen atoms in total. The summed E-state index contributed by atoms with van der Waals surface area (Å²) in [6, 6.07) is 10.5. The lowest BCUT2D eigenvalue weighted by molar-refractivity contribution is 0.0929. The molecule has 0 unspecified atom stereocenters. The fourth-order valence-electron chi connectivity index (χ4n) is 2.72. The minimum atomic E-state index is -0.339. The second kappa shape index (κ2) is 8.98. The standard InChI is InChI=1S/C18H24N4O3/c1-4-22(5-2)16(13-7-6-8-14(11-13)25-3)12-19-18(24)15-9-10-17(23)21-20-15/h6-11,16H,4-5,12H2,1-3H3,(H,19,24)(H,21,23)/t16-/m1/s1. The molecule has 134 valence electrons. The van der Waals surface area contributed by atoms with Crippen molar-refractivity contribution >= 4 is 5.91 Å². The van der Waals surface area contributed by atoms with Crippen LogP contribution >= 0.6 is 0 Å². The summed E-state index contributed by atoms with van der Waals surface area (Å²) in [5.41, 5.74) is 0.912. The van der Waals surface area contributed by atoms with Crippen LogP contribution in [0.5, 0.6) is 5.75 Å². The molecule has 1 atom stereocenters. The van der Waals surface area contributed by atoms with Crippen molar-refractivity contribution in [3.8, 4) is 5.75 Å². The number of carbonyl (C=O) groups is 1. The number of likely N-dealkylation sites (N-methyl/N-ethyl adjacent to an activating group) is 1. The van der Waals surface area contributed by atoms with Gasteiger partial charge in [0.05, 0.1) is 13.2 Å². The molecular weight excluding hydrogens is 320 g/mol. The van der Waals surface area contributed by atoms with E-state index in [1.807, 2.05) is 24.3 Å². The second-order valence-corrected chi connectivity index (χ2v) is 5.53. The lowest BCUT2D eigenvalue weighted by atomic mass is 10.0. The molecule has 0 radical (unpaired) electrons. The SMILES string of the molecule is CCN(CC)[C@H](CNC(=O)c1ccc(=O)[nH]n1)c1cccc(OC)c1. The number of amides is 1. The van der Waals surface area contributed by atoms with E-state index in [4.69, 9.17) is 4.74 Å². The van der Waals surface area contributed by atoms with Gasteiger partial charge in [-0.15, -0.1) is 0 Å². The fourth-order valence-corrected chi connectivity index (χ4v) is 2.72. The van der Waals surface area contributed by atoms with Crippen LogP contribution < -0.4 is 15.6 Å². The third-order valence-electron chi connectivity index (χ3n) is 4.10. The van der Waals surface area contributed by atoms with Crippen LogP contribution in [0.4, 0.5) is 0 Å². The highest BCUT2D eigenvalue weighted by molar-refractivity contribution is 5.91. The molecule has 2 aromatic rings. The van der Waals surface area contributed by atoms with Crippen molar-refractivity contribution in [1.82, 2.24) is 20.4 Å². The van der Waals surface area contributed by atoms with Gasteiger partial charge in [-0.2, -0.15) is 5.10 Å². The summed E-state index contributed by atoms with van der Waals surface area (Å²) in [7, 11) is 1.63. The molecule has 0 bridgehead atoms. The Labute approximate surface area is 147 Å². The van der Waals surface area contributed by atoms with Crippen LogP contribution in [0.1, 0.15) is 35.9 Å². The van der Waals surface area contributed by atoms with E-state index in [-0.39, 0.29) is 23.2 Å². The molecular formula is C18H24N4O3. The lowest BCUT2D eigenvalue weighted by Crippen LogP contribution is -2.38. The molecule has 1 aromatic carbocycles. The van der Waals surface area contributed by atoms with Crippen molar-refractivity contribution in [3.05, 3.63) is 58.0 Å². The minimum Gasteiger partial charge on any atom is -0.497 e. The maximum Gasteiger partial charge on any atom is 0.271 e. The topological polar surface area (TPSA) is 87.3 Å². The summed E-state index contributed by atoms with van der Waals surface area (Å²) >= 11 is 0. The van der Waals surface area contributed by atoms with Crippen LogP contribution in [0.3, 0.4) is 0 Å². The Morgan fingerprint density at radius 1 is 1.28 bits per heavy atom. The van der Waals surface area contributed by atoms with Gasteiger partial charge < -0.3 is 10.1 Å². The quantitative estimate of drug-likeness (QED) is 0.759. The highest BCUT2D eigenvalue weighted by Gasteiger charge is 2.20. The van der Waals surface area contributed by atoms with Gasteiger partial charge in [0.2, 0.25) is 0 Å². The van der Waals surface area contributed by atoms with Crippen LogP contribution in [-0.2, 0) is 0 Å². The van der Waals surface area contributed by atoms with E-state index in [0.29, 0.717) is 6.54 Å². The second-order valence-electron chi connectivity index (χ2n) is 5.53. The predicted octanol–water partition coefficient (Wildman–Crippen LogP) is 1.59. The van der Waals surface area contributed by atoms with Crippen LogP contribution in [0, 0.1) is 0 Å². The third kappa shape index (κ3) is 4.90. The molecule has 25 heavy (non-hydrogen) atoms. The Morgan fingerprint density at radius 2 is 2.04 bits per heavy atom. The van der Waals surface area contributed by atoms with Crippen LogP contribution in [0.25, 0.3) is 0 Å². The van der Waals surface area contributed by atoms with Crippen molar-refractivity contribution in [3.63, 3.8) is 0 Å². The van der Waals surface area contributed by atoms with E-state index in [2.05, 4.69) is 34.3 Å². The van der Waals surface area contributed by atoms with Gasteiger partial charge >= 0.3 is 0 Å². The monoisotopic (exact) mass is 344 g/mol. The molecule has 1 heterocycles. The molecule has 1 amide bonds. The predicted molar refractivity (Wildman–Crippen MR) is 95.8 cm³/mol. The van der Waals surface area contributed by atoms with Gasteiger partial charge in [-0.25, -0.2) is 5.10 Å². The van der Waals surface area contributed by atoms with Gasteiger partial charge in [-0.1, -0.05) is 26.0 Å². The largest absolute Gasteiger partial charge is 0.497 e. The molecule has 0 aliphatic carbocycles. The molecule has 0 spiro atoms. The molecule has 0 saturated carbocycles. The van der Waals surface area contributed by atoms with E-state index in [9.17, 15) is 9.59 Å². The first-order valence-electron chi connectivity index (χ1n) is 8.31. The summed E-state index contributed by atoms with van der Waals surface area (Å²) in [5, 5.41) is 8.92. The zero-order chi connectivity index (χ0) is 18.2. The summed E-state index contributed by atoms with van der Waals surface area (Å²) in [5.74, 6) is 0.458. The van der Waals surface area contributed by atoms with Crippen molar-refractivity contribution in [2.24, 2.45) is 0 Å². The van der Waals surface area contributed by atoms with Crippen LogP contribution in [-0.4, -0.2) is 47.7 Å². The molecule has 7 heteroatoms. The van der Waals surface area contributed by atoms with Gasteiger partial charge in [0, 0.05) is 12.6 Å². The summed E-state index contributed by atoms with van der Waals surface area (Å²) in [6.07, 6.45) is 0. The third-order valence-corrected chi connectivity index (χ3v) is 4.10. The number of hydrogen-bond acceptors (Lipinski definition) is 5. The molecule has 0 saturated heterocycles. The Kier molecular flexibility index (Phi) is 6.71. The number of hydrogen-bond donors (Lipinski definition) is 2. The molecule has 1 aromatic heterocycles. The number of H-pyrrole nitrogens is 1. The number of aromatic amines is 1. The Hall–Kier alpha value is -2.67. The summed E-state index contributed by atoms with van der Waals surface area (Å²) < 4.78 is 5.31. The molecule has 0 aliphatic heterocycles. The molecule has 2 rings (SSSR count). The summed E-state index contributed by atoms with van der Waals surface area (Å²) in [4.78, 5) is 25.6. The van der Waals surface area contributed by atoms with Crippen molar-refractivity contribution in [2.75, 3.05) is 26.7 Å². The van der Waals surface area contributed by atoms with Gasteiger partial charge in [-0.3, -0.25) is 14.5 Å². The zero-order valence-corrected chi connectivity index (χ0v) is 14.8. The summed E-state index contributed by atoms with van der Waals surface area (Å²) in [6.45, 7) is 6.30. The smallest absolute Gasteiger partial charge is 0.271 e. The average molecular weight is 344 g/mol. The number of ether oxygens (including phenoxy) is 1. The van der Waals surface area contributed by atoms with Gasteiger partial charge in [0.15, 0.2) is 0 Å². The molecule has 2 N–H and O–H groups in total.